The zero-order chi connectivity index (χ0) is 18.9. The number of benzene rings is 1. The minimum atomic E-state index is -0.402. The van der Waals surface area contributed by atoms with Crippen molar-refractivity contribution in [1.82, 2.24) is 15.2 Å². The minimum Gasteiger partial charge on any atom is -0.465 e. The molecule has 26 heavy (non-hydrogen) atoms. The Morgan fingerprint density at radius 2 is 1.92 bits per heavy atom. The summed E-state index contributed by atoms with van der Waals surface area (Å²) in [4.78, 5) is 30.0. The summed E-state index contributed by atoms with van der Waals surface area (Å²) in [5.41, 5.74) is 2.21. The predicted molar refractivity (Wildman–Crippen MR) is 101 cm³/mol. The van der Waals surface area contributed by atoms with Crippen molar-refractivity contribution < 1.29 is 14.3 Å². The van der Waals surface area contributed by atoms with E-state index in [0.717, 1.165) is 18.7 Å². The molecule has 1 aromatic carbocycles. The van der Waals surface area contributed by atoms with Gasteiger partial charge in [-0.2, -0.15) is 0 Å². The number of carbonyl (C=O) groups excluding carboxylic acids is 2. The highest BCUT2D eigenvalue weighted by molar-refractivity contribution is 5.93. The van der Waals surface area contributed by atoms with Gasteiger partial charge in [-0.1, -0.05) is 6.07 Å². The molecule has 0 aliphatic carbocycles. The van der Waals surface area contributed by atoms with Gasteiger partial charge in [-0.05, 0) is 57.4 Å². The molecule has 2 aromatic rings. The third-order valence-electron chi connectivity index (χ3n) is 3.63. The van der Waals surface area contributed by atoms with Gasteiger partial charge in [-0.3, -0.25) is 9.78 Å². The van der Waals surface area contributed by atoms with Crippen molar-refractivity contribution in [2.24, 2.45) is 0 Å². The molecule has 0 spiro atoms. The maximum atomic E-state index is 12.2. The standard InChI is InChI=1S/C19H24N4O3/c1-23(2)11-5-9-21-18(24)17-13-16(8-10-20-17)22-15-7-4-6-14(12-15)19(25)26-3/h4,6-8,10,12-13H,5,9,11H2,1-3H3,(H,20,22)(H,21,24). The van der Waals surface area contributed by atoms with E-state index in [2.05, 4.69) is 20.5 Å². The molecule has 0 saturated carbocycles. The van der Waals surface area contributed by atoms with E-state index in [-0.39, 0.29) is 5.91 Å². The first-order valence-electron chi connectivity index (χ1n) is 8.34. The van der Waals surface area contributed by atoms with Gasteiger partial charge in [0.15, 0.2) is 0 Å². The molecule has 0 aliphatic rings. The van der Waals surface area contributed by atoms with Crippen molar-refractivity contribution in [1.29, 1.82) is 0 Å². The number of methoxy groups -OCH3 is 1. The molecule has 1 aromatic heterocycles. The third-order valence-corrected chi connectivity index (χ3v) is 3.63. The van der Waals surface area contributed by atoms with E-state index in [0.29, 0.717) is 23.5 Å². The lowest BCUT2D eigenvalue weighted by Gasteiger charge is -2.11. The molecule has 1 amide bonds. The van der Waals surface area contributed by atoms with Gasteiger partial charge in [-0.15, -0.1) is 0 Å². The summed E-state index contributed by atoms with van der Waals surface area (Å²) in [5, 5.41) is 6.03. The van der Waals surface area contributed by atoms with Crippen LogP contribution in [0.5, 0.6) is 0 Å². The van der Waals surface area contributed by atoms with Crippen LogP contribution >= 0.6 is 0 Å². The largest absolute Gasteiger partial charge is 0.465 e. The number of amides is 1. The molecule has 2 rings (SSSR count). The molecule has 0 radical (unpaired) electrons. The first-order valence-corrected chi connectivity index (χ1v) is 8.34. The van der Waals surface area contributed by atoms with Gasteiger partial charge in [0.1, 0.15) is 5.69 Å². The number of carbonyl (C=O) groups is 2. The second kappa shape index (κ2) is 9.53. The maximum Gasteiger partial charge on any atom is 0.337 e. The van der Waals surface area contributed by atoms with Crippen LogP contribution in [0.25, 0.3) is 0 Å². The number of rotatable bonds is 8. The van der Waals surface area contributed by atoms with Gasteiger partial charge < -0.3 is 20.3 Å². The Labute approximate surface area is 153 Å². The van der Waals surface area contributed by atoms with Crippen LogP contribution < -0.4 is 10.6 Å². The van der Waals surface area contributed by atoms with Gasteiger partial charge in [0.05, 0.1) is 12.7 Å². The highest BCUT2D eigenvalue weighted by Crippen LogP contribution is 2.18. The van der Waals surface area contributed by atoms with Crippen molar-refractivity contribution in [2.75, 3.05) is 39.6 Å². The van der Waals surface area contributed by atoms with E-state index in [1.54, 1.807) is 36.5 Å². The summed E-state index contributed by atoms with van der Waals surface area (Å²) in [6.07, 6.45) is 2.44. The number of anilines is 2. The second-order valence-corrected chi connectivity index (χ2v) is 6.04. The van der Waals surface area contributed by atoms with E-state index >= 15 is 0 Å². The SMILES string of the molecule is COC(=O)c1cccc(Nc2ccnc(C(=O)NCCCN(C)C)c2)c1. The van der Waals surface area contributed by atoms with Crippen LogP contribution in [0.3, 0.4) is 0 Å². The molecule has 7 heteroatoms. The number of pyridine rings is 1. The topological polar surface area (TPSA) is 83.6 Å². The van der Waals surface area contributed by atoms with E-state index in [4.69, 9.17) is 4.74 Å². The molecule has 0 unspecified atom stereocenters. The normalized spacial score (nSPS) is 10.5. The monoisotopic (exact) mass is 356 g/mol. The number of nitrogens with zero attached hydrogens (tertiary/aromatic N) is 2. The zero-order valence-electron chi connectivity index (χ0n) is 15.3. The summed E-state index contributed by atoms with van der Waals surface area (Å²) in [6, 6.07) is 10.4. The molecular weight excluding hydrogens is 332 g/mol. The number of hydrogen-bond acceptors (Lipinski definition) is 6. The number of ether oxygens (including phenoxy) is 1. The number of esters is 1. The summed E-state index contributed by atoms with van der Waals surface area (Å²) in [5.74, 6) is -0.614. The first kappa shape index (κ1) is 19.4. The fraction of sp³-hybridized carbons (Fsp3) is 0.316. The average Bonchev–Trinajstić information content (AvgIpc) is 2.64. The zero-order valence-corrected chi connectivity index (χ0v) is 15.3. The Kier molecular flexibility index (Phi) is 7.11. The van der Waals surface area contributed by atoms with Crippen LogP contribution in [0.1, 0.15) is 27.3 Å². The molecule has 0 saturated heterocycles. The first-order chi connectivity index (χ1) is 12.5. The lowest BCUT2D eigenvalue weighted by molar-refractivity contribution is 0.0600. The molecule has 7 nitrogen and oxygen atoms in total. The maximum absolute atomic E-state index is 12.2. The number of aromatic nitrogens is 1. The molecule has 2 N–H and O–H groups in total. The molecule has 0 aliphatic heterocycles. The van der Waals surface area contributed by atoms with Crippen molar-refractivity contribution in [3.05, 3.63) is 53.9 Å². The van der Waals surface area contributed by atoms with Gasteiger partial charge in [0, 0.05) is 24.1 Å². The summed E-state index contributed by atoms with van der Waals surface area (Å²) in [6.45, 7) is 1.50. The number of nitrogens with one attached hydrogen (secondary N) is 2. The highest BCUT2D eigenvalue weighted by atomic mass is 16.5. The van der Waals surface area contributed by atoms with Crippen LogP contribution in [-0.2, 0) is 4.74 Å². The smallest absolute Gasteiger partial charge is 0.337 e. The third kappa shape index (κ3) is 5.86. The van der Waals surface area contributed by atoms with Crippen molar-refractivity contribution in [3.63, 3.8) is 0 Å². The molecular formula is C19H24N4O3. The van der Waals surface area contributed by atoms with Crippen LogP contribution in [0.2, 0.25) is 0 Å². The average molecular weight is 356 g/mol. The van der Waals surface area contributed by atoms with E-state index in [1.807, 2.05) is 20.2 Å². The van der Waals surface area contributed by atoms with Gasteiger partial charge >= 0.3 is 5.97 Å². The Balaban J connectivity index is 2.00. The van der Waals surface area contributed by atoms with Gasteiger partial charge in [-0.25, -0.2) is 4.79 Å². The van der Waals surface area contributed by atoms with Gasteiger partial charge in [0.2, 0.25) is 0 Å². The van der Waals surface area contributed by atoms with Gasteiger partial charge in [0.25, 0.3) is 5.91 Å². The van der Waals surface area contributed by atoms with Crippen molar-refractivity contribution >= 4 is 23.3 Å². The second-order valence-electron chi connectivity index (χ2n) is 6.04. The Morgan fingerprint density at radius 1 is 1.15 bits per heavy atom. The molecule has 138 valence electrons. The fourth-order valence-electron chi connectivity index (χ4n) is 2.33. The van der Waals surface area contributed by atoms with E-state index < -0.39 is 5.97 Å². The highest BCUT2D eigenvalue weighted by Gasteiger charge is 2.09. The van der Waals surface area contributed by atoms with Crippen LogP contribution in [0.4, 0.5) is 11.4 Å². The van der Waals surface area contributed by atoms with E-state index in [1.165, 1.54) is 7.11 Å². The van der Waals surface area contributed by atoms with Crippen LogP contribution in [0.15, 0.2) is 42.6 Å². The number of hydrogen-bond donors (Lipinski definition) is 2. The molecule has 0 bridgehead atoms. The minimum absolute atomic E-state index is 0.212. The molecule has 1 heterocycles. The van der Waals surface area contributed by atoms with Crippen LogP contribution in [0, 0.1) is 0 Å². The van der Waals surface area contributed by atoms with E-state index in [9.17, 15) is 9.59 Å². The molecule has 0 fully saturated rings. The summed E-state index contributed by atoms with van der Waals surface area (Å²) < 4.78 is 4.72. The van der Waals surface area contributed by atoms with Crippen LogP contribution in [-0.4, -0.2) is 56.1 Å². The Hall–Kier alpha value is -2.93. The van der Waals surface area contributed by atoms with Crippen molar-refractivity contribution in [3.8, 4) is 0 Å². The summed E-state index contributed by atoms with van der Waals surface area (Å²) >= 11 is 0. The molecule has 0 atom stereocenters. The fourth-order valence-corrected chi connectivity index (χ4v) is 2.33. The predicted octanol–water partition coefficient (Wildman–Crippen LogP) is 2.29. The summed E-state index contributed by atoms with van der Waals surface area (Å²) in [7, 11) is 5.33. The quantitative estimate of drug-likeness (QED) is 0.558. The Morgan fingerprint density at radius 3 is 2.65 bits per heavy atom. The Bertz CT molecular complexity index is 762. The van der Waals surface area contributed by atoms with Crippen molar-refractivity contribution in [2.45, 2.75) is 6.42 Å². The lowest BCUT2D eigenvalue weighted by atomic mass is 10.2. The lowest BCUT2D eigenvalue weighted by Crippen LogP contribution is -2.27.